The molecule has 1 rings (SSSR count). The standard InChI is InChI=1S/C7H16N2.2C2H6/c1-8(2)7-4-5-9(3)6-7;2*1-2/h7H,4-6H2,1-3H3;2*1-2H3. The zero-order valence-corrected chi connectivity index (χ0v) is 10.6. The smallest absolute Gasteiger partial charge is 0.0229 e. The highest BCUT2D eigenvalue weighted by molar-refractivity contribution is 4.77. The summed E-state index contributed by atoms with van der Waals surface area (Å²) >= 11 is 0. The van der Waals surface area contributed by atoms with Gasteiger partial charge in [0.25, 0.3) is 0 Å². The number of nitrogens with zero attached hydrogens (tertiary/aromatic N) is 2. The van der Waals surface area contributed by atoms with Crippen LogP contribution in [0.4, 0.5) is 0 Å². The molecule has 1 atom stereocenters. The van der Waals surface area contributed by atoms with Gasteiger partial charge in [-0.1, -0.05) is 27.7 Å². The van der Waals surface area contributed by atoms with E-state index in [0.717, 1.165) is 6.04 Å². The Morgan fingerprint density at radius 3 is 1.69 bits per heavy atom. The molecule has 0 bridgehead atoms. The summed E-state index contributed by atoms with van der Waals surface area (Å²) in [4.78, 5) is 4.69. The molecule has 0 aromatic carbocycles. The van der Waals surface area contributed by atoms with E-state index in [1.165, 1.54) is 19.5 Å². The van der Waals surface area contributed by atoms with Crippen LogP contribution < -0.4 is 0 Å². The Morgan fingerprint density at radius 2 is 1.54 bits per heavy atom. The van der Waals surface area contributed by atoms with E-state index < -0.39 is 0 Å². The molecular weight excluding hydrogens is 160 g/mol. The summed E-state index contributed by atoms with van der Waals surface area (Å²) in [5, 5.41) is 0. The van der Waals surface area contributed by atoms with E-state index in [1.807, 2.05) is 27.7 Å². The Balaban J connectivity index is 0. The van der Waals surface area contributed by atoms with E-state index in [-0.39, 0.29) is 0 Å². The Bertz CT molecular complexity index is 92.1. The second-order valence-corrected chi connectivity index (χ2v) is 3.17. The average molecular weight is 188 g/mol. The molecule has 2 nitrogen and oxygen atoms in total. The van der Waals surface area contributed by atoms with Crippen molar-refractivity contribution in [3.05, 3.63) is 0 Å². The summed E-state index contributed by atoms with van der Waals surface area (Å²) in [7, 11) is 6.50. The minimum absolute atomic E-state index is 0.801. The van der Waals surface area contributed by atoms with E-state index in [0.29, 0.717) is 0 Å². The lowest BCUT2D eigenvalue weighted by atomic mass is 10.2. The largest absolute Gasteiger partial charge is 0.305 e. The zero-order chi connectivity index (χ0) is 10.9. The number of hydrogen-bond donors (Lipinski definition) is 0. The van der Waals surface area contributed by atoms with Crippen LogP contribution >= 0.6 is 0 Å². The van der Waals surface area contributed by atoms with Crippen LogP contribution in [0.1, 0.15) is 34.1 Å². The normalized spacial score (nSPS) is 21.7. The second kappa shape index (κ2) is 10.0. The molecule has 1 fully saturated rings. The molecule has 1 aliphatic rings. The van der Waals surface area contributed by atoms with Gasteiger partial charge in [-0.3, -0.25) is 0 Å². The van der Waals surface area contributed by atoms with Gasteiger partial charge in [0, 0.05) is 12.6 Å². The lowest BCUT2D eigenvalue weighted by molar-refractivity contribution is 0.288. The zero-order valence-electron chi connectivity index (χ0n) is 10.6. The van der Waals surface area contributed by atoms with E-state index >= 15 is 0 Å². The third-order valence-electron chi connectivity index (χ3n) is 2.10. The average Bonchev–Trinajstić information content (AvgIpc) is 2.59. The Hall–Kier alpha value is -0.0800. The number of hydrogen-bond acceptors (Lipinski definition) is 2. The molecule has 13 heavy (non-hydrogen) atoms. The van der Waals surface area contributed by atoms with E-state index in [2.05, 4.69) is 30.9 Å². The van der Waals surface area contributed by atoms with Crippen molar-refractivity contribution in [1.29, 1.82) is 0 Å². The minimum Gasteiger partial charge on any atom is -0.305 e. The highest BCUT2D eigenvalue weighted by atomic mass is 15.2. The maximum atomic E-state index is 2.38. The molecule has 0 N–H and O–H groups in total. The van der Waals surface area contributed by atoms with Crippen LogP contribution in [0.2, 0.25) is 0 Å². The summed E-state index contributed by atoms with van der Waals surface area (Å²) in [5.74, 6) is 0. The van der Waals surface area contributed by atoms with Gasteiger partial charge in [-0.25, -0.2) is 0 Å². The molecule has 0 aromatic heterocycles. The van der Waals surface area contributed by atoms with Crippen molar-refractivity contribution < 1.29 is 0 Å². The van der Waals surface area contributed by atoms with Crippen molar-refractivity contribution in [2.45, 2.75) is 40.2 Å². The van der Waals surface area contributed by atoms with Gasteiger partial charge in [0.1, 0.15) is 0 Å². The summed E-state index contributed by atoms with van der Waals surface area (Å²) in [5.41, 5.74) is 0. The van der Waals surface area contributed by atoms with Gasteiger partial charge < -0.3 is 9.80 Å². The van der Waals surface area contributed by atoms with Gasteiger partial charge >= 0.3 is 0 Å². The van der Waals surface area contributed by atoms with Crippen LogP contribution in [-0.4, -0.2) is 50.1 Å². The lowest BCUT2D eigenvalue weighted by Crippen LogP contribution is -2.30. The maximum Gasteiger partial charge on any atom is 0.0229 e. The fourth-order valence-electron chi connectivity index (χ4n) is 1.33. The molecule has 0 radical (unpaired) electrons. The molecule has 0 aliphatic carbocycles. The van der Waals surface area contributed by atoms with Crippen LogP contribution in [0.5, 0.6) is 0 Å². The second-order valence-electron chi connectivity index (χ2n) is 3.17. The first-order valence-electron chi connectivity index (χ1n) is 5.55. The molecule has 0 saturated carbocycles. The molecule has 0 amide bonds. The third kappa shape index (κ3) is 7.03. The fraction of sp³-hybridized carbons (Fsp3) is 1.00. The maximum absolute atomic E-state index is 2.38. The molecule has 0 aromatic rings. The van der Waals surface area contributed by atoms with Gasteiger partial charge in [0.15, 0.2) is 0 Å². The fourth-order valence-corrected chi connectivity index (χ4v) is 1.33. The Morgan fingerprint density at radius 1 is 1.08 bits per heavy atom. The van der Waals surface area contributed by atoms with Crippen molar-refractivity contribution in [3.8, 4) is 0 Å². The van der Waals surface area contributed by atoms with Crippen LogP contribution in [0.3, 0.4) is 0 Å². The summed E-state index contributed by atoms with van der Waals surface area (Å²) in [6.45, 7) is 10.5. The monoisotopic (exact) mass is 188 g/mol. The number of likely N-dealkylation sites (tertiary alicyclic amines) is 1. The first-order chi connectivity index (χ1) is 6.20. The van der Waals surface area contributed by atoms with Crippen LogP contribution in [0.15, 0.2) is 0 Å². The summed E-state index contributed by atoms with van der Waals surface area (Å²) in [6.07, 6.45) is 1.34. The van der Waals surface area contributed by atoms with E-state index in [1.54, 1.807) is 0 Å². The quantitative estimate of drug-likeness (QED) is 0.623. The first-order valence-corrected chi connectivity index (χ1v) is 5.55. The summed E-state index contributed by atoms with van der Waals surface area (Å²) < 4.78 is 0. The Kier molecular flexibility index (Phi) is 11.8. The number of rotatable bonds is 1. The van der Waals surface area contributed by atoms with Gasteiger partial charge in [-0.15, -0.1) is 0 Å². The van der Waals surface area contributed by atoms with Crippen LogP contribution in [0.25, 0.3) is 0 Å². The van der Waals surface area contributed by atoms with Crippen LogP contribution in [0, 0.1) is 0 Å². The summed E-state index contributed by atoms with van der Waals surface area (Å²) in [6, 6.07) is 0.801. The molecule has 0 spiro atoms. The highest BCUT2D eigenvalue weighted by Crippen LogP contribution is 2.09. The Labute approximate surface area is 84.9 Å². The molecule has 1 saturated heterocycles. The van der Waals surface area contributed by atoms with Crippen molar-refractivity contribution in [3.63, 3.8) is 0 Å². The molecular formula is C11H28N2. The third-order valence-corrected chi connectivity index (χ3v) is 2.10. The van der Waals surface area contributed by atoms with Gasteiger partial charge in [-0.2, -0.15) is 0 Å². The van der Waals surface area contributed by atoms with Gasteiger partial charge in [0.05, 0.1) is 0 Å². The minimum atomic E-state index is 0.801. The topological polar surface area (TPSA) is 6.48 Å². The molecule has 1 heterocycles. The predicted molar refractivity (Wildman–Crippen MR) is 62.3 cm³/mol. The van der Waals surface area contributed by atoms with Crippen LogP contribution in [-0.2, 0) is 0 Å². The highest BCUT2D eigenvalue weighted by Gasteiger charge is 2.20. The molecule has 1 aliphatic heterocycles. The molecule has 1 unspecified atom stereocenters. The SMILES string of the molecule is CC.CC.CN1CCC(N(C)C)C1. The van der Waals surface area contributed by atoms with E-state index in [9.17, 15) is 0 Å². The predicted octanol–water partition coefficient (Wildman–Crippen LogP) is 2.30. The van der Waals surface area contributed by atoms with Gasteiger partial charge in [0.2, 0.25) is 0 Å². The lowest BCUT2D eigenvalue weighted by Gasteiger charge is -2.17. The van der Waals surface area contributed by atoms with Crippen molar-refractivity contribution in [2.75, 3.05) is 34.2 Å². The van der Waals surface area contributed by atoms with E-state index in [4.69, 9.17) is 0 Å². The van der Waals surface area contributed by atoms with Gasteiger partial charge in [-0.05, 0) is 34.1 Å². The molecule has 82 valence electrons. The first kappa shape index (κ1) is 15.4. The van der Waals surface area contributed by atoms with Crippen molar-refractivity contribution >= 4 is 0 Å². The van der Waals surface area contributed by atoms with Crippen molar-refractivity contribution in [2.24, 2.45) is 0 Å². The molecule has 2 heteroatoms. The number of likely N-dealkylation sites (N-methyl/N-ethyl adjacent to an activating group) is 2. The van der Waals surface area contributed by atoms with Crippen molar-refractivity contribution in [1.82, 2.24) is 9.80 Å².